The number of hydrogen-bond donors (Lipinski definition) is 1. The third-order valence-corrected chi connectivity index (χ3v) is 3.69. The standard InChI is InChI=1S/C13H17F2NO2S/c1-4-7(2)18-13(17)8(3)19-12-6-11(16)9(14)5-10(12)15/h5-8H,4,16H2,1-3H3. The molecule has 0 heterocycles. The summed E-state index contributed by atoms with van der Waals surface area (Å²) in [6.45, 7) is 5.29. The van der Waals surface area contributed by atoms with Gasteiger partial charge in [0.25, 0.3) is 0 Å². The lowest BCUT2D eigenvalue weighted by Crippen LogP contribution is -2.22. The van der Waals surface area contributed by atoms with Crippen LogP contribution in [-0.4, -0.2) is 17.3 Å². The molecule has 0 amide bonds. The summed E-state index contributed by atoms with van der Waals surface area (Å²) in [5.74, 6) is -1.97. The van der Waals surface area contributed by atoms with Crippen LogP contribution >= 0.6 is 11.8 Å². The lowest BCUT2D eigenvalue weighted by Gasteiger charge is -2.15. The summed E-state index contributed by atoms with van der Waals surface area (Å²) >= 11 is 0.957. The number of hydrogen-bond acceptors (Lipinski definition) is 4. The Morgan fingerprint density at radius 3 is 2.58 bits per heavy atom. The molecule has 2 atom stereocenters. The van der Waals surface area contributed by atoms with E-state index >= 15 is 0 Å². The fourth-order valence-corrected chi connectivity index (χ4v) is 2.15. The van der Waals surface area contributed by atoms with E-state index in [1.807, 2.05) is 6.92 Å². The van der Waals surface area contributed by atoms with Gasteiger partial charge in [-0.3, -0.25) is 4.79 Å². The second-order valence-electron chi connectivity index (χ2n) is 4.22. The highest BCUT2D eigenvalue weighted by Crippen LogP contribution is 2.30. The van der Waals surface area contributed by atoms with Crippen molar-refractivity contribution in [1.82, 2.24) is 0 Å². The van der Waals surface area contributed by atoms with Gasteiger partial charge in [-0.15, -0.1) is 11.8 Å². The highest BCUT2D eigenvalue weighted by molar-refractivity contribution is 8.00. The predicted octanol–water partition coefficient (Wildman–Crippen LogP) is 3.37. The molecule has 106 valence electrons. The molecular weight excluding hydrogens is 272 g/mol. The van der Waals surface area contributed by atoms with E-state index in [4.69, 9.17) is 10.5 Å². The van der Waals surface area contributed by atoms with Gasteiger partial charge < -0.3 is 10.5 Å². The third-order valence-electron chi connectivity index (χ3n) is 2.58. The lowest BCUT2D eigenvalue weighted by atomic mass is 10.3. The van der Waals surface area contributed by atoms with Gasteiger partial charge in [0.2, 0.25) is 0 Å². The van der Waals surface area contributed by atoms with Crippen molar-refractivity contribution in [3.8, 4) is 0 Å². The Hall–Kier alpha value is -1.30. The van der Waals surface area contributed by atoms with Crippen molar-refractivity contribution in [2.24, 2.45) is 0 Å². The second-order valence-corrected chi connectivity index (χ2v) is 5.60. The minimum atomic E-state index is -0.809. The van der Waals surface area contributed by atoms with E-state index in [1.54, 1.807) is 13.8 Å². The number of halogens is 2. The first-order valence-corrected chi connectivity index (χ1v) is 6.84. The van der Waals surface area contributed by atoms with Gasteiger partial charge in [0.15, 0.2) is 0 Å². The molecule has 2 N–H and O–H groups in total. The number of ether oxygens (including phenoxy) is 1. The molecule has 2 unspecified atom stereocenters. The number of esters is 1. The highest BCUT2D eigenvalue weighted by Gasteiger charge is 2.20. The van der Waals surface area contributed by atoms with Crippen LogP contribution in [0.2, 0.25) is 0 Å². The minimum absolute atomic E-state index is 0.132. The van der Waals surface area contributed by atoms with E-state index in [-0.39, 0.29) is 16.7 Å². The summed E-state index contributed by atoms with van der Waals surface area (Å²) in [4.78, 5) is 11.8. The summed E-state index contributed by atoms with van der Waals surface area (Å²) < 4.78 is 31.7. The Balaban J connectivity index is 2.74. The van der Waals surface area contributed by atoms with Crippen molar-refractivity contribution in [2.45, 2.75) is 43.4 Å². The van der Waals surface area contributed by atoms with E-state index in [0.717, 1.165) is 11.8 Å². The molecule has 0 spiro atoms. The number of rotatable bonds is 5. The average molecular weight is 289 g/mol. The van der Waals surface area contributed by atoms with Gasteiger partial charge in [-0.25, -0.2) is 8.78 Å². The Morgan fingerprint density at radius 2 is 2.00 bits per heavy atom. The smallest absolute Gasteiger partial charge is 0.319 e. The minimum Gasteiger partial charge on any atom is -0.462 e. The number of carbonyl (C=O) groups excluding carboxylic acids is 1. The van der Waals surface area contributed by atoms with E-state index < -0.39 is 22.9 Å². The van der Waals surface area contributed by atoms with Crippen LogP contribution in [0.3, 0.4) is 0 Å². The van der Waals surface area contributed by atoms with Gasteiger partial charge >= 0.3 is 5.97 Å². The molecule has 1 aromatic rings. The van der Waals surface area contributed by atoms with Gasteiger partial charge in [0.1, 0.15) is 16.9 Å². The molecule has 19 heavy (non-hydrogen) atoms. The molecule has 1 aromatic carbocycles. The normalized spacial score (nSPS) is 13.9. The van der Waals surface area contributed by atoms with Crippen LogP contribution in [0.5, 0.6) is 0 Å². The molecule has 1 rings (SSSR count). The fraction of sp³-hybridized carbons (Fsp3) is 0.462. The second kappa shape index (κ2) is 6.75. The summed E-state index contributed by atoms with van der Waals surface area (Å²) in [6.07, 6.45) is 0.528. The Labute approximate surface area is 115 Å². The zero-order chi connectivity index (χ0) is 14.6. The van der Waals surface area contributed by atoms with Gasteiger partial charge in [0.05, 0.1) is 11.8 Å². The van der Waals surface area contributed by atoms with Crippen molar-refractivity contribution in [1.29, 1.82) is 0 Å². The fourth-order valence-electron chi connectivity index (χ4n) is 1.25. The number of carbonyl (C=O) groups is 1. The van der Waals surface area contributed by atoms with E-state index in [2.05, 4.69) is 0 Å². The molecule has 0 fully saturated rings. The lowest BCUT2D eigenvalue weighted by molar-refractivity contribution is -0.147. The Kier molecular flexibility index (Phi) is 5.60. The number of thioether (sulfide) groups is 1. The quantitative estimate of drug-likeness (QED) is 0.513. The molecule has 0 radical (unpaired) electrons. The first-order valence-electron chi connectivity index (χ1n) is 5.96. The molecule has 6 heteroatoms. The molecule has 0 saturated heterocycles. The molecule has 0 saturated carbocycles. The van der Waals surface area contributed by atoms with Crippen LogP contribution in [0.1, 0.15) is 27.2 Å². The highest BCUT2D eigenvalue weighted by atomic mass is 32.2. The first-order chi connectivity index (χ1) is 8.85. The average Bonchev–Trinajstić information content (AvgIpc) is 2.35. The molecule has 0 aliphatic rings. The van der Waals surface area contributed by atoms with E-state index in [9.17, 15) is 13.6 Å². The zero-order valence-electron chi connectivity index (χ0n) is 11.1. The topological polar surface area (TPSA) is 52.3 Å². The van der Waals surface area contributed by atoms with Crippen LogP contribution in [0.4, 0.5) is 14.5 Å². The van der Waals surface area contributed by atoms with E-state index in [1.165, 1.54) is 6.07 Å². The van der Waals surface area contributed by atoms with E-state index in [0.29, 0.717) is 12.5 Å². The van der Waals surface area contributed by atoms with Gasteiger partial charge in [-0.2, -0.15) is 0 Å². The Bertz CT molecular complexity index is 468. The van der Waals surface area contributed by atoms with Gasteiger partial charge in [-0.05, 0) is 26.3 Å². The number of nitrogen functional groups attached to an aromatic ring is 1. The van der Waals surface area contributed by atoms with Gasteiger partial charge in [0, 0.05) is 11.0 Å². The maximum Gasteiger partial charge on any atom is 0.319 e. The number of nitrogens with two attached hydrogens (primary N) is 1. The largest absolute Gasteiger partial charge is 0.462 e. The molecule has 0 bridgehead atoms. The van der Waals surface area contributed by atoms with Crippen molar-refractivity contribution >= 4 is 23.4 Å². The van der Waals surface area contributed by atoms with Gasteiger partial charge in [-0.1, -0.05) is 6.92 Å². The van der Waals surface area contributed by atoms with Crippen LogP contribution in [0.25, 0.3) is 0 Å². The SMILES string of the molecule is CCC(C)OC(=O)C(C)Sc1cc(N)c(F)cc1F. The van der Waals surface area contributed by atoms with Crippen LogP contribution in [-0.2, 0) is 9.53 Å². The number of anilines is 1. The maximum atomic E-state index is 13.5. The zero-order valence-corrected chi connectivity index (χ0v) is 11.9. The first kappa shape index (κ1) is 15.8. The summed E-state index contributed by atoms with van der Waals surface area (Å²) in [5.41, 5.74) is 5.23. The maximum absolute atomic E-state index is 13.5. The third kappa shape index (κ3) is 4.38. The van der Waals surface area contributed by atoms with Crippen molar-refractivity contribution in [3.05, 3.63) is 23.8 Å². The molecule has 0 aromatic heterocycles. The van der Waals surface area contributed by atoms with Crippen LogP contribution in [0, 0.1) is 11.6 Å². The summed E-state index contributed by atoms with van der Waals surface area (Å²) in [5, 5.41) is -0.589. The number of benzene rings is 1. The van der Waals surface area contributed by atoms with Crippen LogP contribution in [0.15, 0.2) is 17.0 Å². The Morgan fingerprint density at radius 1 is 1.37 bits per heavy atom. The molecule has 3 nitrogen and oxygen atoms in total. The van der Waals surface area contributed by atoms with Crippen molar-refractivity contribution in [2.75, 3.05) is 5.73 Å². The van der Waals surface area contributed by atoms with Crippen molar-refractivity contribution in [3.63, 3.8) is 0 Å². The molecular formula is C13H17F2NO2S. The van der Waals surface area contributed by atoms with Crippen molar-refractivity contribution < 1.29 is 18.3 Å². The molecule has 0 aliphatic carbocycles. The summed E-state index contributed by atoms with van der Waals surface area (Å²) in [6, 6.07) is 1.90. The summed E-state index contributed by atoms with van der Waals surface area (Å²) in [7, 11) is 0. The predicted molar refractivity (Wildman–Crippen MR) is 71.9 cm³/mol. The van der Waals surface area contributed by atoms with Crippen LogP contribution < -0.4 is 5.73 Å². The molecule has 0 aliphatic heterocycles. The monoisotopic (exact) mass is 289 g/mol.